The monoisotopic (exact) mass is 337 g/mol. The molecule has 0 amide bonds. The van der Waals surface area contributed by atoms with Gasteiger partial charge in [0.2, 0.25) is 0 Å². The second-order valence-corrected chi connectivity index (χ2v) is 5.71. The summed E-state index contributed by atoms with van der Waals surface area (Å²) < 4.78 is 8.31. The third-order valence-corrected chi connectivity index (χ3v) is 3.75. The Kier molecular flexibility index (Phi) is 4.27. The summed E-state index contributed by atoms with van der Waals surface area (Å²) in [4.78, 5) is 4.11. The molecule has 0 bridgehead atoms. The molecule has 0 aromatic carbocycles. The van der Waals surface area contributed by atoms with E-state index in [1.54, 1.807) is 6.20 Å². The van der Waals surface area contributed by atoms with E-state index in [2.05, 4.69) is 36.5 Å². The van der Waals surface area contributed by atoms with E-state index < -0.39 is 0 Å². The molecule has 6 nitrogen and oxygen atoms in total. The maximum atomic E-state index is 5.62. The zero-order chi connectivity index (χ0) is 13.8. The molecule has 20 heavy (non-hydrogen) atoms. The molecule has 0 saturated carbocycles. The molecule has 1 fully saturated rings. The Morgan fingerprint density at radius 2 is 2.40 bits per heavy atom. The zero-order valence-corrected chi connectivity index (χ0v) is 12.6. The number of nitrogens with zero attached hydrogens (tertiary/aromatic N) is 4. The number of ether oxygens (including phenoxy) is 1. The predicted octanol–water partition coefficient (Wildman–Crippen LogP) is 1.62. The van der Waals surface area contributed by atoms with Gasteiger partial charge in [-0.15, -0.1) is 5.10 Å². The van der Waals surface area contributed by atoms with Crippen molar-refractivity contribution in [1.29, 1.82) is 0 Å². The standard InChI is InChI=1S/C13H16BrN5O/c14-13-2-1-12(6-16-13)20-9-11-8-19(18-17-11)7-10-3-4-15-5-10/h1-2,6,8,10,15H,3-5,7,9H2. The highest BCUT2D eigenvalue weighted by Crippen LogP contribution is 2.14. The minimum atomic E-state index is 0.409. The highest BCUT2D eigenvalue weighted by atomic mass is 79.9. The van der Waals surface area contributed by atoms with Crippen molar-refractivity contribution < 1.29 is 4.74 Å². The highest BCUT2D eigenvalue weighted by molar-refractivity contribution is 9.10. The second-order valence-electron chi connectivity index (χ2n) is 4.90. The van der Waals surface area contributed by atoms with E-state index in [-0.39, 0.29) is 0 Å². The van der Waals surface area contributed by atoms with E-state index in [1.807, 2.05) is 23.0 Å². The summed E-state index contributed by atoms with van der Waals surface area (Å²) in [5.74, 6) is 1.38. The molecule has 0 aliphatic carbocycles. The third-order valence-electron chi connectivity index (χ3n) is 3.28. The number of pyridine rings is 1. The van der Waals surface area contributed by atoms with Crippen LogP contribution in [-0.2, 0) is 13.2 Å². The maximum absolute atomic E-state index is 5.62. The molecule has 0 radical (unpaired) electrons. The van der Waals surface area contributed by atoms with Crippen molar-refractivity contribution in [2.75, 3.05) is 13.1 Å². The van der Waals surface area contributed by atoms with Crippen LogP contribution in [0, 0.1) is 5.92 Å². The molecule has 1 atom stereocenters. The summed E-state index contributed by atoms with van der Waals surface area (Å²) in [5, 5.41) is 11.6. The van der Waals surface area contributed by atoms with E-state index in [0.717, 1.165) is 35.7 Å². The number of rotatable bonds is 5. The van der Waals surface area contributed by atoms with E-state index in [4.69, 9.17) is 4.74 Å². The lowest BCUT2D eigenvalue weighted by molar-refractivity contribution is 0.300. The van der Waals surface area contributed by atoms with Crippen LogP contribution in [0.5, 0.6) is 5.75 Å². The molecule has 1 aliphatic heterocycles. The first-order chi connectivity index (χ1) is 9.79. The van der Waals surface area contributed by atoms with Crippen LogP contribution in [0.25, 0.3) is 0 Å². The van der Waals surface area contributed by atoms with Gasteiger partial charge in [-0.1, -0.05) is 5.21 Å². The van der Waals surface area contributed by atoms with Crippen LogP contribution in [0.4, 0.5) is 0 Å². The van der Waals surface area contributed by atoms with Gasteiger partial charge in [-0.05, 0) is 53.5 Å². The van der Waals surface area contributed by atoms with Crippen molar-refractivity contribution in [3.05, 3.63) is 34.8 Å². The minimum absolute atomic E-state index is 0.409. The summed E-state index contributed by atoms with van der Waals surface area (Å²) in [7, 11) is 0. The van der Waals surface area contributed by atoms with Gasteiger partial charge in [-0.3, -0.25) is 4.68 Å². The van der Waals surface area contributed by atoms with Crippen LogP contribution in [0.2, 0.25) is 0 Å². The summed E-state index contributed by atoms with van der Waals surface area (Å²) in [6.45, 7) is 3.49. The van der Waals surface area contributed by atoms with Gasteiger partial charge in [0, 0.05) is 6.54 Å². The first-order valence-corrected chi connectivity index (χ1v) is 7.43. The van der Waals surface area contributed by atoms with Crippen LogP contribution in [0.15, 0.2) is 29.1 Å². The Morgan fingerprint density at radius 1 is 1.45 bits per heavy atom. The molecule has 106 valence electrons. The lowest BCUT2D eigenvalue weighted by atomic mass is 10.1. The number of nitrogens with one attached hydrogen (secondary N) is 1. The van der Waals surface area contributed by atoms with Gasteiger partial charge in [-0.25, -0.2) is 4.98 Å². The molecule has 2 aromatic rings. The Bertz CT molecular complexity index is 550. The van der Waals surface area contributed by atoms with E-state index >= 15 is 0 Å². The Balaban J connectivity index is 1.52. The summed E-state index contributed by atoms with van der Waals surface area (Å²) in [6, 6.07) is 3.71. The van der Waals surface area contributed by atoms with Gasteiger partial charge >= 0.3 is 0 Å². The first kappa shape index (κ1) is 13.5. The van der Waals surface area contributed by atoms with Gasteiger partial charge in [0.05, 0.1) is 12.4 Å². The molecule has 3 rings (SSSR count). The van der Waals surface area contributed by atoms with Gasteiger partial charge in [0.25, 0.3) is 0 Å². The predicted molar refractivity (Wildman–Crippen MR) is 77.3 cm³/mol. The second kappa shape index (κ2) is 6.32. The molecule has 1 saturated heterocycles. The van der Waals surface area contributed by atoms with Crippen molar-refractivity contribution >= 4 is 15.9 Å². The lowest BCUT2D eigenvalue weighted by Crippen LogP contribution is -2.14. The fraction of sp³-hybridized carbons (Fsp3) is 0.462. The van der Waals surface area contributed by atoms with Gasteiger partial charge < -0.3 is 10.1 Å². The van der Waals surface area contributed by atoms with Crippen molar-refractivity contribution in [2.45, 2.75) is 19.6 Å². The van der Waals surface area contributed by atoms with Crippen molar-refractivity contribution in [3.63, 3.8) is 0 Å². The Morgan fingerprint density at radius 3 is 3.15 bits per heavy atom. The van der Waals surface area contributed by atoms with Crippen LogP contribution in [0.3, 0.4) is 0 Å². The van der Waals surface area contributed by atoms with Crippen molar-refractivity contribution in [3.8, 4) is 5.75 Å². The Hall–Kier alpha value is -1.47. The molecule has 2 aromatic heterocycles. The van der Waals surface area contributed by atoms with Gasteiger partial charge in [0.15, 0.2) is 0 Å². The van der Waals surface area contributed by atoms with Crippen molar-refractivity contribution in [1.82, 2.24) is 25.3 Å². The zero-order valence-electron chi connectivity index (χ0n) is 11.0. The fourth-order valence-corrected chi connectivity index (χ4v) is 2.47. The number of hydrogen-bond acceptors (Lipinski definition) is 5. The molecule has 1 N–H and O–H groups in total. The van der Waals surface area contributed by atoms with E-state index in [0.29, 0.717) is 12.5 Å². The smallest absolute Gasteiger partial charge is 0.138 e. The van der Waals surface area contributed by atoms with Gasteiger partial charge in [-0.2, -0.15) is 0 Å². The van der Waals surface area contributed by atoms with E-state index in [9.17, 15) is 0 Å². The molecular weight excluding hydrogens is 322 g/mol. The van der Waals surface area contributed by atoms with Crippen LogP contribution < -0.4 is 10.1 Å². The molecular formula is C13H16BrN5O. The summed E-state index contributed by atoms with van der Waals surface area (Å²) in [6.07, 6.45) is 4.83. The number of hydrogen-bond donors (Lipinski definition) is 1. The minimum Gasteiger partial charge on any atom is -0.486 e. The fourth-order valence-electron chi connectivity index (χ4n) is 2.23. The maximum Gasteiger partial charge on any atom is 0.138 e. The highest BCUT2D eigenvalue weighted by Gasteiger charge is 2.15. The van der Waals surface area contributed by atoms with Crippen LogP contribution >= 0.6 is 15.9 Å². The largest absolute Gasteiger partial charge is 0.486 e. The lowest BCUT2D eigenvalue weighted by Gasteiger charge is -2.06. The summed E-state index contributed by atoms with van der Waals surface area (Å²) in [5.41, 5.74) is 0.832. The quantitative estimate of drug-likeness (QED) is 0.840. The number of halogens is 1. The van der Waals surface area contributed by atoms with E-state index in [1.165, 1.54) is 6.42 Å². The molecule has 1 aliphatic rings. The topological polar surface area (TPSA) is 64.9 Å². The van der Waals surface area contributed by atoms with Crippen LogP contribution in [0.1, 0.15) is 12.1 Å². The first-order valence-electron chi connectivity index (χ1n) is 6.64. The molecule has 3 heterocycles. The SMILES string of the molecule is Brc1ccc(OCc2cn(CC3CCNC3)nn2)cn1. The molecule has 1 unspecified atom stereocenters. The van der Waals surface area contributed by atoms with Crippen molar-refractivity contribution in [2.24, 2.45) is 5.92 Å². The average molecular weight is 338 g/mol. The van der Waals surface area contributed by atoms with Gasteiger partial charge in [0.1, 0.15) is 22.7 Å². The third kappa shape index (κ3) is 3.55. The normalized spacial score (nSPS) is 18.4. The number of aromatic nitrogens is 4. The summed E-state index contributed by atoms with van der Waals surface area (Å²) >= 11 is 3.29. The molecule has 7 heteroatoms. The van der Waals surface area contributed by atoms with Crippen LogP contribution in [-0.4, -0.2) is 33.1 Å². The average Bonchev–Trinajstić information content (AvgIpc) is 3.11. The molecule has 0 spiro atoms. The Labute approximate surface area is 125 Å².